The lowest BCUT2D eigenvalue weighted by Gasteiger charge is -2.20. The van der Waals surface area contributed by atoms with Gasteiger partial charge < -0.3 is 5.32 Å². The Hall–Kier alpha value is -2.38. The minimum Gasteiger partial charge on any atom is -0.351 e. The van der Waals surface area contributed by atoms with Crippen LogP contribution in [-0.4, -0.2) is 26.8 Å². The number of thioether (sulfide) groups is 1. The Bertz CT molecular complexity index is 1060. The first kappa shape index (κ1) is 20.4. The molecule has 2 aromatic heterocycles. The standard InChI is InChI=1S/C21H23N3O2S2/c1-5-11-24-19(26)17-15(14-9-7-6-8-10-14)12-27-18(17)22-20(24)28-13-16(25)23-21(2,3)4/h5-10,12H,1,11,13H2,2-4H3,(H,23,25). The third kappa shape index (κ3) is 4.54. The van der Waals surface area contributed by atoms with E-state index in [2.05, 4.69) is 16.9 Å². The Morgan fingerprint density at radius 1 is 1.32 bits per heavy atom. The summed E-state index contributed by atoms with van der Waals surface area (Å²) < 4.78 is 1.59. The Morgan fingerprint density at radius 2 is 2.04 bits per heavy atom. The number of fused-ring (bicyclic) bond motifs is 1. The molecule has 0 atom stereocenters. The van der Waals surface area contributed by atoms with Crippen LogP contribution in [0.25, 0.3) is 21.3 Å². The highest BCUT2D eigenvalue weighted by Gasteiger charge is 2.19. The lowest BCUT2D eigenvalue weighted by Crippen LogP contribution is -2.41. The summed E-state index contributed by atoms with van der Waals surface area (Å²) in [6.45, 7) is 9.90. The number of hydrogen-bond acceptors (Lipinski definition) is 5. The third-order valence-corrected chi connectivity index (χ3v) is 5.75. The van der Waals surface area contributed by atoms with Crippen LogP contribution in [0, 0.1) is 0 Å². The average Bonchev–Trinajstić information content (AvgIpc) is 3.06. The first-order valence-corrected chi connectivity index (χ1v) is 10.8. The molecule has 1 N–H and O–H groups in total. The molecule has 0 unspecified atom stereocenters. The molecule has 1 amide bonds. The van der Waals surface area contributed by atoms with E-state index in [9.17, 15) is 9.59 Å². The molecule has 1 aromatic carbocycles. The number of thiophene rings is 1. The minimum absolute atomic E-state index is 0.0897. The van der Waals surface area contributed by atoms with Crippen molar-refractivity contribution < 1.29 is 4.79 Å². The number of nitrogens with one attached hydrogen (secondary N) is 1. The van der Waals surface area contributed by atoms with E-state index in [0.717, 1.165) is 11.1 Å². The summed E-state index contributed by atoms with van der Waals surface area (Å²) in [6, 6.07) is 9.82. The fourth-order valence-corrected chi connectivity index (χ4v) is 4.62. The van der Waals surface area contributed by atoms with Crippen LogP contribution in [0.4, 0.5) is 0 Å². The van der Waals surface area contributed by atoms with Crippen LogP contribution in [0.3, 0.4) is 0 Å². The zero-order valence-corrected chi connectivity index (χ0v) is 17.8. The van der Waals surface area contributed by atoms with E-state index in [1.165, 1.54) is 23.1 Å². The van der Waals surface area contributed by atoms with Crippen molar-refractivity contribution in [2.45, 2.75) is 38.0 Å². The molecule has 0 fully saturated rings. The van der Waals surface area contributed by atoms with Crippen molar-refractivity contribution >= 4 is 39.2 Å². The molecule has 0 radical (unpaired) electrons. The Balaban J connectivity index is 2.00. The van der Waals surface area contributed by atoms with Crippen LogP contribution in [0.1, 0.15) is 20.8 Å². The molecule has 7 heteroatoms. The maximum Gasteiger partial charge on any atom is 0.263 e. The Kier molecular flexibility index (Phi) is 6.05. The highest BCUT2D eigenvalue weighted by Crippen LogP contribution is 2.32. The van der Waals surface area contributed by atoms with Crippen molar-refractivity contribution in [1.82, 2.24) is 14.9 Å². The number of aromatic nitrogens is 2. The topological polar surface area (TPSA) is 64.0 Å². The molecule has 0 aliphatic rings. The Morgan fingerprint density at radius 3 is 2.68 bits per heavy atom. The summed E-state index contributed by atoms with van der Waals surface area (Å²) in [6.07, 6.45) is 1.67. The van der Waals surface area contributed by atoms with Crippen LogP contribution in [0.2, 0.25) is 0 Å². The molecule has 3 rings (SSSR count). The number of carbonyl (C=O) groups excluding carboxylic acids is 1. The zero-order valence-electron chi connectivity index (χ0n) is 16.2. The smallest absolute Gasteiger partial charge is 0.263 e. The predicted molar refractivity (Wildman–Crippen MR) is 118 cm³/mol. The van der Waals surface area contributed by atoms with Gasteiger partial charge in [0.25, 0.3) is 5.56 Å². The fourth-order valence-electron chi connectivity index (χ4n) is 2.82. The highest BCUT2D eigenvalue weighted by atomic mass is 32.2. The molecule has 146 valence electrons. The molecule has 0 saturated carbocycles. The lowest BCUT2D eigenvalue weighted by atomic mass is 10.1. The Labute approximate surface area is 172 Å². The van der Waals surface area contributed by atoms with Gasteiger partial charge in [0.15, 0.2) is 5.16 Å². The van der Waals surface area contributed by atoms with Crippen molar-refractivity contribution in [3.05, 3.63) is 58.7 Å². The number of amides is 1. The van der Waals surface area contributed by atoms with Gasteiger partial charge in [-0.15, -0.1) is 17.9 Å². The summed E-state index contributed by atoms with van der Waals surface area (Å²) in [5.41, 5.74) is 1.47. The van der Waals surface area contributed by atoms with Gasteiger partial charge in [0.1, 0.15) is 4.83 Å². The van der Waals surface area contributed by atoms with Crippen LogP contribution in [-0.2, 0) is 11.3 Å². The molecule has 2 heterocycles. The van der Waals surface area contributed by atoms with Gasteiger partial charge in [0.2, 0.25) is 5.91 Å². The molecule has 0 saturated heterocycles. The monoisotopic (exact) mass is 413 g/mol. The molecule has 3 aromatic rings. The van der Waals surface area contributed by atoms with Gasteiger partial charge in [-0.05, 0) is 26.3 Å². The zero-order chi connectivity index (χ0) is 20.3. The van der Waals surface area contributed by atoms with E-state index in [1.54, 1.807) is 10.6 Å². The summed E-state index contributed by atoms with van der Waals surface area (Å²) in [5, 5.41) is 6.03. The number of rotatable bonds is 6. The van der Waals surface area contributed by atoms with Gasteiger partial charge in [-0.3, -0.25) is 14.2 Å². The van der Waals surface area contributed by atoms with E-state index >= 15 is 0 Å². The highest BCUT2D eigenvalue weighted by molar-refractivity contribution is 7.99. The second-order valence-electron chi connectivity index (χ2n) is 7.38. The van der Waals surface area contributed by atoms with Crippen molar-refractivity contribution in [2.24, 2.45) is 0 Å². The molecular formula is C21H23N3O2S2. The summed E-state index contributed by atoms with van der Waals surface area (Å²) in [7, 11) is 0. The van der Waals surface area contributed by atoms with Crippen molar-refractivity contribution in [2.75, 3.05) is 5.75 Å². The maximum absolute atomic E-state index is 13.2. The van der Waals surface area contributed by atoms with E-state index < -0.39 is 0 Å². The van der Waals surface area contributed by atoms with Gasteiger partial charge in [0.05, 0.1) is 11.1 Å². The lowest BCUT2D eigenvalue weighted by molar-refractivity contribution is -0.119. The van der Waals surface area contributed by atoms with Crippen LogP contribution < -0.4 is 10.9 Å². The minimum atomic E-state index is -0.297. The number of nitrogens with zero attached hydrogens (tertiary/aromatic N) is 2. The fraction of sp³-hybridized carbons (Fsp3) is 0.286. The van der Waals surface area contributed by atoms with Crippen molar-refractivity contribution in [3.8, 4) is 11.1 Å². The van der Waals surface area contributed by atoms with E-state index in [1.807, 2.05) is 56.5 Å². The van der Waals surface area contributed by atoms with Crippen LogP contribution >= 0.6 is 23.1 Å². The maximum atomic E-state index is 13.2. The van der Waals surface area contributed by atoms with Gasteiger partial charge in [-0.25, -0.2) is 4.98 Å². The van der Waals surface area contributed by atoms with E-state index in [0.29, 0.717) is 21.9 Å². The largest absolute Gasteiger partial charge is 0.351 e. The molecule has 0 spiro atoms. The number of allylic oxidation sites excluding steroid dienone is 1. The first-order chi connectivity index (χ1) is 13.3. The number of carbonyl (C=O) groups is 1. The first-order valence-electron chi connectivity index (χ1n) is 8.92. The molecular weight excluding hydrogens is 390 g/mol. The molecule has 0 bridgehead atoms. The van der Waals surface area contributed by atoms with Crippen LogP contribution in [0.15, 0.2) is 58.3 Å². The number of benzene rings is 1. The van der Waals surface area contributed by atoms with E-state index in [4.69, 9.17) is 0 Å². The molecule has 0 aliphatic carbocycles. The van der Waals surface area contributed by atoms with Gasteiger partial charge in [-0.2, -0.15) is 0 Å². The van der Waals surface area contributed by atoms with Crippen molar-refractivity contribution in [3.63, 3.8) is 0 Å². The summed E-state index contributed by atoms with van der Waals surface area (Å²) in [4.78, 5) is 30.8. The van der Waals surface area contributed by atoms with E-state index in [-0.39, 0.29) is 22.8 Å². The summed E-state index contributed by atoms with van der Waals surface area (Å²) >= 11 is 2.71. The quantitative estimate of drug-likeness (QED) is 0.371. The van der Waals surface area contributed by atoms with Gasteiger partial charge >= 0.3 is 0 Å². The third-order valence-electron chi connectivity index (χ3n) is 3.90. The normalized spacial score (nSPS) is 11.5. The van der Waals surface area contributed by atoms with Crippen LogP contribution in [0.5, 0.6) is 0 Å². The summed E-state index contributed by atoms with van der Waals surface area (Å²) in [5.74, 6) is 0.108. The second-order valence-corrected chi connectivity index (χ2v) is 9.18. The second kappa shape index (κ2) is 8.32. The molecule has 0 aliphatic heterocycles. The number of hydrogen-bond donors (Lipinski definition) is 1. The van der Waals surface area contributed by atoms with Gasteiger partial charge in [-0.1, -0.05) is 48.2 Å². The SMILES string of the molecule is C=CCn1c(SCC(=O)NC(C)(C)C)nc2scc(-c3ccccc3)c2c1=O. The predicted octanol–water partition coefficient (Wildman–Crippen LogP) is 4.32. The molecule has 28 heavy (non-hydrogen) atoms. The molecule has 5 nitrogen and oxygen atoms in total. The van der Waals surface area contributed by atoms with Crippen molar-refractivity contribution in [1.29, 1.82) is 0 Å². The average molecular weight is 414 g/mol. The van der Waals surface area contributed by atoms with Gasteiger partial charge in [0, 0.05) is 23.0 Å².